The highest BCUT2D eigenvalue weighted by Gasteiger charge is 2.48. The first-order chi connectivity index (χ1) is 11.9. The Morgan fingerprint density at radius 2 is 1.31 bits per heavy atom. The van der Waals surface area contributed by atoms with Gasteiger partial charge < -0.3 is 24.4 Å². The molecule has 0 rings (SSSR count). The molecule has 0 spiro atoms. The first kappa shape index (κ1) is 23.5. The smallest absolute Gasteiger partial charge is 0.413 e. The van der Waals surface area contributed by atoms with Gasteiger partial charge in [0.05, 0.1) is 0 Å². The van der Waals surface area contributed by atoms with E-state index in [9.17, 15) is 19.5 Å². The van der Waals surface area contributed by atoms with Crippen molar-refractivity contribution >= 4 is 17.9 Å². The predicted octanol–water partition coefficient (Wildman–Crippen LogP) is 1.52. The first-order valence-electron chi connectivity index (χ1n) is 7.92. The number of unbranched alkanes of at least 4 members (excludes halogenated alkanes) is 1. The zero-order chi connectivity index (χ0) is 20.5. The number of hydrogen-bond donors (Lipinski definition) is 2. The molecule has 8 heteroatoms. The minimum atomic E-state index is -2.90. The van der Waals surface area contributed by atoms with Gasteiger partial charge in [-0.2, -0.15) is 0 Å². The maximum absolute atomic E-state index is 11.9. The minimum absolute atomic E-state index is 0.0250. The van der Waals surface area contributed by atoms with Gasteiger partial charge in [-0.3, -0.25) is 0 Å². The Balaban J connectivity index is 5.76. The van der Waals surface area contributed by atoms with Crippen molar-refractivity contribution in [3.63, 3.8) is 0 Å². The fourth-order valence-corrected chi connectivity index (χ4v) is 1.58. The summed E-state index contributed by atoms with van der Waals surface area (Å²) < 4.78 is 14.8. The van der Waals surface area contributed by atoms with Crippen LogP contribution in [-0.2, 0) is 28.6 Å². The minimum Gasteiger partial charge on any atom is -0.448 e. The van der Waals surface area contributed by atoms with E-state index in [1.165, 1.54) is 20.8 Å². The van der Waals surface area contributed by atoms with Crippen LogP contribution in [0.4, 0.5) is 0 Å². The molecule has 1 atom stereocenters. The van der Waals surface area contributed by atoms with E-state index in [1.807, 2.05) is 0 Å². The number of esters is 3. The zero-order valence-electron chi connectivity index (χ0n) is 15.4. The molecule has 0 fully saturated rings. The van der Waals surface area contributed by atoms with Gasteiger partial charge >= 0.3 is 23.9 Å². The molecule has 0 amide bonds. The van der Waals surface area contributed by atoms with Gasteiger partial charge in [-0.05, 0) is 40.0 Å². The Bertz CT molecular complexity index is 562. The molecule has 0 radical (unpaired) electrons. The molecule has 0 aliphatic carbocycles. The van der Waals surface area contributed by atoms with Crippen LogP contribution < -0.4 is 0 Å². The van der Waals surface area contributed by atoms with Crippen LogP contribution in [0, 0.1) is 0 Å². The van der Waals surface area contributed by atoms with Gasteiger partial charge in [0.15, 0.2) is 0 Å². The second-order valence-corrected chi connectivity index (χ2v) is 5.86. The predicted molar refractivity (Wildman–Crippen MR) is 92.4 cm³/mol. The Labute approximate surface area is 152 Å². The lowest BCUT2D eigenvalue weighted by atomic mass is 10.1. The number of aliphatic hydroxyl groups excluding tert-OH is 1. The van der Waals surface area contributed by atoms with E-state index in [0.717, 1.165) is 0 Å². The Hall–Kier alpha value is -2.45. The molecule has 0 saturated carbocycles. The number of aliphatic hydroxyl groups is 2. The molecular formula is C18H26O8. The molecule has 0 bridgehead atoms. The number of carbonyl (C=O) groups excluding carboxylic acids is 3. The van der Waals surface area contributed by atoms with Crippen LogP contribution >= 0.6 is 0 Å². The van der Waals surface area contributed by atoms with Crippen LogP contribution in [0.3, 0.4) is 0 Å². The quantitative estimate of drug-likeness (QED) is 0.243. The second-order valence-electron chi connectivity index (χ2n) is 5.86. The fourth-order valence-electron chi connectivity index (χ4n) is 1.58. The van der Waals surface area contributed by atoms with Gasteiger partial charge in [0.25, 0.3) is 0 Å². The van der Waals surface area contributed by atoms with Crippen molar-refractivity contribution in [2.75, 3.05) is 6.61 Å². The zero-order valence-corrected chi connectivity index (χ0v) is 15.4. The van der Waals surface area contributed by atoms with Crippen LogP contribution in [0.25, 0.3) is 0 Å². The molecule has 0 aromatic rings. The van der Waals surface area contributed by atoms with Gasteiger partial charge in [-0.15, -0.1) is 0 Å². The number of hydrogen-bond acceptors (Lipinski definition) is 8. The van der Waals surface area contributed by atoms with E-state index in [4.69, 9.17) is 19.3 Å². The van der Waals surface area contributed by atoms with Gasteiger partial charge in [-0.25, -0.2) is 14.4 Å². The van der Waals surface area contributed by atoms with E-state index in [0.29, 0.717) is 6.42 Å². The third-order valence-electron chi connectivity index (χ3n) is 3.05. The molecule has 0 heterocycles. The SMILES string of the molecule is C=C(C)C(=O)OC(CCCCO)C(O)(OC(=O)C(=C)C)OC(=O)C(=C)C. The van der Waals surface area contributed by atoms with E-state index < -0.39 is 30.0 Å². The average molecular weight is 370 g/mol. The van der Waals surface area contributed by atoms with Crippen molar-refractivity contribution in [3.05, 3.63) is 36.5 Å². The molecule has 2 N–H and O–H groups in total. The molecule has 8 nitrogen and oxygen atoms in total. The summed E-state index contributed by atoms with van der Waals surface area (Å²) >= 11 is 0. The number of rotatable bonds is 11. The lowest BCUT2D eigenvalue weighted by Crippen LogP contribution is -2.52. The van der Waals surface area contributed by atoms with Gasteiger partial charge in [0.2, 0.25) is 6.10 Å². The lowest BCUT2D eigenvalue weighted by Gasteiger charge is -2.33. The lowest BCUT2D eigenvalue weighted by molar-refractivity contribution is -0.359. The summed E-state index contributed by atoms with van der Waals surface area (Å²) in [5.41, 5.74) is -0.123. The maximum atomic E-state index is 11.9. The van der Waals surface area contributed by atoms with E-state index in [2.05, 4.69) is 19.7 Å². The normalized spacial score (nSPS) is 11.9. The first-order valence-corrected chi connectivity index (χ1v) is 7.92. The summed E-state index contributed by atoms with van der Waals surface area (Å²) in [7, 11) is 0. The summed E-state index contributed by atoms with van der Waals surface area (Å²) in [4.78, 5) is 35.6. The summed E-state index contributed by atoms with van der Waals surface area (Å²) in [5, 5.41) is 19.6. The van der Waals surface area contributed by atoms with E-state index in [1.54, 1.807) is 0 Å². The summed E-state index contributed by atoms with van der Waals surface area (Å²) in [5.74, 6) is -5.89. The van der Waals surface area contributed by atoms with E-state index >= 15 is 0 Å². The molecule has 146 valence electrons. The van der Waals surface area contributed by atoms with Crippen LogP contribution in [0.2, 0.25) is 0 Å². The maximum Gasteiger partial charge on any atom is 0.413 e. The van der Waals surface area contributed by atoms with Crippen molar-refractivity contribution in [2.45, 2.75) is 52.1 Å². The van der Waals surface area contributed by atoms with Crippen molar-refractivity contribution in [3.8, 4) is 0 Å². The van der Waals surface area contributed by atoms with Crippen LogP contribution in [-0.4, -0.2) is 46.8 Å². The van der Waals surface area contributed by atoms with Crippen LogP contribution in [0.15, 0.2) is 36.5 Å². The average Bonchev–Trinajstić information content (AvgIpc) is 2.53. The second kappa shape index (κ2) is 10.5. The molecule has 1 unspecified atom stereocenters. The fraction of sp³-hybridized carbons (Fsp3) is 0.500. The van der Waals surface area contributed by atoms with Crippen molar-refractivity contribution in [2.24, 2.45) is 0 Å². The molecule has 0 aromatic carbocycles. The molecule has 26 heavy (non-hydrogen) atoms. The van der Waals surface area contributed by atoms with Crippen molar-refractivity contribution in [1.82, 2.24) is 0 Å². The third-order valence-corrected chi connectivity index (χ3v) is 3.05. The van der Waals surface area contributed by atoms with Gasteiger partial charge in [-0.1, -0.05) is 19.7 Å². The Kier molecular flexibility index (Phi) is 9.53. The van der Waals surface area contributed by atoms with Crippen LogP contribution in [0.5, 0.6) is 0 Å². The topological polar surface area (TPSA) is 119 Å². The molecule has 0 aromatic heterocycles. The molecule has 0 saturated heterocycles. The van der Waals surface area contributed by atoms with Crippen molar-refractivity contribution in [1.29, 1.82) is 0 Å². The Morgan fingerprint density at radius 3 is 1.65 bits per heavy atom. The highest BCUT2D eigenvalue weighted by atomic mass is 16.9. The summed E-state index contributed by atoms with van der Waals surface area (Å²) in [6.07, 6.45) is -1.02. The third kappa shape index (κ3) is 7.62. The van der Waals surface area contributed by atoms with Gasteiger partial charge in [0, 0.05) is 23.3 Å². The standard InChI is InChI=1S/C18H26O8/c1-11(2)15(20)24-14(9-7-8-10-19)18(23,25-16(21)12(3)4)26-17(22)13(5)6/h14,19,23H,1,3,5,7-10H2,2,4,6H3. The molecule has 0 aliphatic heterocycles. The largest absolute Gasteiger partial charge is 0.448 e. The van der Waals surface area contributed by atoms with Crippen LogP contribution in [0.1, 0.15) is 40.0 Å². The monoisotopic (exact) mass is 370 g/mol. The number of ether oxygens (including phenoxy) is 3. The number of carbonyl (C=O) groups is 3. The molecular weight excluding hydrogens is 344 g/mol. The molecule has 0 aliphatic rings. The van der Waals surface area contributed by atoms with Gasteiger partial charge in [0.1, 0.15) is 0 Å². The van der Waals surface area contributed by atoms with E-state index in [-0.39, 0.29) is 36.2 Å². The highest BCUT2D eigenvalue weighted by Crippen LogP contribution is 2.26. The Morgan fingerprint density at radius 1 is 0.885 bits per heavy atom. The summed E-state index contributed by atoms with van der Waals surface area (Å²) in [6.45, 7) is 14.1. The van der Waals surface area contributed by atoms with Crippen molar-refractivity contribution < 1.29 is 38.8 Å². The summed E-state index contributed by atoms with van der Waals surface area (Å²) in [6, 6.07) is 0. The highest BCUT2D eigenvalue weighted by molar-refractivity contribution is 5.89.